The number of aromatic nitrogens is 1. The lowest BCUT2D eigenvalue weighted by atomic mass is 9.92. The van der Waals surface area contributed by atoms with E-state index in [-0.39, 0.29) is 23.9 Å². The van der Waals surface area contributed by atoms with Gasteiger partial charge < -0.3 is 14.8 Å². The van der Waals surface area contributed by atoms with E-state index in [1.54, 1.807) is 4.90 Å². The van der Waals surface area contributed by atoms with Gasteiger partial charge in [0.05, 0.1) is 6.54 Å². The van der Waals surface area contributed by atoms with E-state index in [1.165, 1.54) is 12.8 Å². The summed E-state index contributed by atoms with van der Waals surface area (Å²) in [5.74, 6) is -0.0959. The summed E-state index contributed by atoms with van der Waals surface area (Å²) >= 11 is 0. The van der Waals surface area contributed by atoms with Crippen LogP contribution >= 0.6 is 0 Å². The van der Waals surface area contributed by atoms with Gasteiger partial charge in [-0.05, 0) is 45.7 Å². The van der Waals surface area contributed by atoms with Crippen LogP contribution in [0.5, 0.6) is 0 Å². The topological polar surface area (TPSA) is 54.3 Å². The van der Waals surface area contributed by atoms with E-state index in [0.29, 0.717) is 12.2 Å². The first-order valence-electron chi connectivity index (χ1n) is 9.65. The van der Waals surface area contributed by atoms with Crippen LogP contribution in [0.4, 0.5) is 0 Å². The summed E-state index contributed by atoms with van der Waals surface area (Å²) in [6, 6.07) is 10.1. The van der Waals surface area contributed by atoms with Gasteiger partial charge in [0.1, 0.15) is 11.2 Å². The van der Waals surface area contributed by atoms with Crippen LogP contribution in [-0.2, 0) is 11.3 Å². The lowest BCUT2D eigenvalue weighted by Crippen LogP contribution is -2.66. The first-order valence-corrected chi connectivity index (χ1v) is 9.65. The van der Waals surface area contributed by atoms with Crippen LogP contribution in [0.15, 0.2) is 30.3 Å². The molecule has 2 heterocycles. The molecule has 1 N–H and O–H groups in total. The van der Waals surface area contributed by atoms with Gasteiger partial charge in [-0.2, -0.15) is 0 Å². The lowest BCUT2D eigenvalue weighted by Gasteiger charge is -2.46. The predicted molar refractivity (Wildman–Crippen MR) is 102 cm³/mol. The van der Waals surface area contributed by atoms with Gasteiger partial charge in [-0.15, -0.1) is 0 Å². The minimum atomic E-state index is -0.886. The molecular weight excluding hydrogens is 326 g/mol. The standard InChI is InChI=1S/C21H27N3O2/c1-14(2)24-19(25)18-12-15-8-4-7-11-17(15)23(18)13-21(24,3)20(26)22-16-9-5-6-10-16/h4,7-8,11-12,14,16H,5-6,9-10,13H2,1-3H3,(H,22,26). The number of benzene rings is 1. The molecule has 2 amide bonds. The number of fused-ring (bicyclic) bond motifs is 3. The fraction of sp³-hybridized carbons (Fsp3) is 0.524. The molecular formula is C21H27N3O2. The molecule has 0 spiro atoms. The molecule has 26 heavy (non-hydrogen) atoms. The smallest absolute Gasteiger partial charge is 0.271 e. The Kier molecular flexibility index (Phi) is 4.05. The van der Waals surface area contributed by atoms with E-state index in [4.69, 9.17) is 0 Å². The Labute approximate surface area is 154 Å². The van der Waals surface area contributed by atoms with Crippen molar-refractivity contribution in [3.05, 3.63) is 36.0 Å². The van der Waals surface area contributed by atoms with Gasteiger partial charge in [-0.25, -0.2) is 0 Å². The average Bonchev–Trinajstić information content (AvgIpc) is 3.22. The van der Waals surface area contributed by atoms with Crippen molar-refractivity contribution in [3.63, 3.8) is 0 Å². The molecule has 0 bridgehead atoms. The summed E-state index contributed by atoms with van der Waals surface area (Å²) in [4.78, 5) is 28.4. The van der Waals surface area contributed by atoms with Gasteiger partial charge in [-0.3, -0.25) is 9.59 Å². The van der Waals surface area contributed by atoms with E-state index >= 15 is 0 Å². The lowest BCUT2D eigenvalue weighted by molar-refractivity contribution is -0.134. The summed E-state index contributed by atoms with van der Waals surface area (Å²) < 4.78 is 2.02. The van der Waals surface area contributed by atoms with Gasteiger partial charge in [0, 0.05) is 23.0 Å². The molecule has 0 radical (unpaired) electrons. The largest absolute Gasteiger partial charge is 0.351 e. The molecule has 1 aromatic heterocycles. The highest BCUT2D eigenvalue weighted by Crippen LogP contribution is 2.34. The molecule has 5 heteroatoms. The van der Waals surface area contributed by atoms with Gasteiger partial charge in [-0.1, -0.05) is 31.0 Å². The quantitative estimate of drug-likeness (QED) is 0.920. The zero-order chi connectivity index (χ0) is 18.5. The van der Waals surface area contributed by atoms with Crippen molar-refractivity contribution < 1.29 is 9.59 Å². The molecule has 1 saturated carbocycles. The van der Waals surface area contributed by atoms with Crippen molar-refractivity contribution in [1.82, 2.24) is 14.8 Å². The number of carbonyl (C=O) groups excluding carboxylic acids is 2. The Balaban J connectivity index is 1.77. The maximum atomic E-state index is 13.3. The van der Waals surface area contributed by atoms with Crippen LogP contribution in [-0.4, -0.2) is 38.9 Å². The molecule has 5 nitrogen and oxygen atoms in total. The normalized spacial score (nSPS) is 23.7. The number of hydrogen-bond acceptors (Lipinski definition) is 2. The Morgan fingerprint density at radius 3 is 2.62 bits per heavy atom. The maximum Gasteiger partial charge on any atom is 0.271 e. The third-order valence-electron chi connectivity index (χ3n) is 5.94. The summed E-state index contributed by atoms with van der Waals surface area (Å²) in [6.45, 7) is 6.36. The molecule has 138 valence electrons. The Hall–Kier alpha value is -2.30. The zero-order valence-corrected chi connectivity index (χ0v) is 15.8. The number of amides is 2. The van der Waals surface area contributed by atoms with Crippen LogP contribution in [0, 0.1) is 0 Å². The minimum absolute atomic E-state index is 0.0325. The monoisotopic (exact) mass is 353 g/mol. The van der Waals surface area contributed by atoms with E-state index in [2.05, 4.69) is 5.32 Å². The van der Waals surface area contributed by atoms with Gasteiger partial charge >= 0.3 is 0 Å². The molecule has 1 fully saturated rings. The first kappa shape index (κ1) is 17.1. The maximum absolute atomic E-state index is 13.3. The van der Waals surface area contributed by atoms with E-state index in [1.807, 2.05) is 55.7 Å². The second-order valence-electron chi connectivity index (χ2n) is 8.17. The fourth-order valence-corrected chi connectivity index (χ4v) is 4.69. The van der Waals surface area contributed by atoms with Crippen molar-refractivity contribution >= 4 is 22.7 Å². The van der Waals surface area contributed by atoms with Gasteiger partial charge in [0.15, 0.2) is 0 Å². The summed E-state index contributed by atoms with van der Waals surface area (Å²) in [5, 5.41) is 4.26. The predicted octanol–water partition coefficient (Wildman–Crippen LogP) is 3.32. The highest BCUT2D eigenvalue weighted by molar-refractivity contribution is 6.03. The molecule has 1 aliphatic heterocycles. The molecule has 2 aromatic rings. The number of nitrogens with zero attached hydrogens (tertiary/aromatic N) is 2. The Morgan fingerprint density at radius 2 is 1.92 bits per heavy atom. The van der Waals surface area contributed by atoms with Crippen molar-refractivity contribution in [1.29, 1.82) is 0 Å². The molecule has 1 atom stereocenters. The van der Waals surface area contributed by atoms with Gasteiger partial charge in [0.2, 0.25) is 5.91 Å². The summed E-state index contributed by atoms with van der Waals surface area (Å²) in [6.07, 6.45) is 4.41. The molecule has 1 aliphatic carbocycles. The molecule has 1 unspecified atom stereocenters. The number of para-hydroxylation sites is 1. The van der Waals surface area contributed by atoms with E-state index in [9.17, 15) is 9.59 Å². The van der Waals surface area contributed by atoms with Crippen LogP contribution in [0.2, 0.25) is 0 Å². The van der Waals surface area contributed by atoms with E-state index < -0.39 is 5.54 Å². The third-order valence-corrected chi connectivity index (χ3v) is 5.94. The molecule has 2 aliphatic rings. The van der Waals surface area contributed by atoms with Gasteiger partial charge in [0.25, 0.3) is 5.91 Å². The second kappa shape index (κ2) is 6.15. The number of nitrogens with one attached hydrogen (secondary N) is 1. The number of rotatable bonds is 3. The van der Waals surface area contributed by atoms with Crippen LogP contribution in [0.3, 0.4) is 0 Å². The fourth-order valence-electron chi connectivity index (χ4n) is 4.69. The third kappa shape index (κ3) is 2.52. The van der Waals surface area contributed by atoms with E-state index in [0.717, 1.165) is 23.7 Å². The highest BCUT2D eigenvalue weighted by atomic mass is 16.2. The number of carbonyl (C=O) groups is 2. The zero-order valence-electron chi connectivity index (χ0n) is 15.8. The van der Waals surface area contributed by atoms with Crippen LogP contribution in [0.25, 0.3) is 10.9 Å². The Morgan fingerprint density at radius 1 is 1.23 bits per heavy atom. The molecule has 0 saturated heterocycles. The van der Waals surface area contributed by atoms with Crippen molar-refractivity contribution in [2.45, 2.75) is 70.6 Å². The van der Waals surface area contributed by atoms with Crippen molar-refractivity contribution in [2.75, 3.05) is 0 Å². The molecule has 1 aromatic carbocycles. The van der Waals surface area contributed by atoms with Crippen molar-refractivity contribution in [2.24, 2.45) is 0 Å². The Bertz CT molecular complexity index is 863. The first-order chi connectivity index (χ1) is 12.4. The SMILES string of the molecule is CC(C)N1C(=O)c2cc3ccccc3n2CC1(C)C(=O)NC1CCCC1. The van der Waals surface area contributed by atoms with Crippen LogP contribution < -0.4 is 5.32 Å². The summed E-state index contributed by atoms with van der Waals surface area (Å²) in [7, 11) is 0. The van der Waals surface area contributed by atoms with Crippen molar-refractivity contribution in [3.8, 4) is 0 Å². The highest BCUT2D eigenvalue weighted by Gasteiger charge is 2.49. The summed E-state index contributed by atoms with van der Waals surface area (Å²) in [5.41, 5.74) is 0.799. The second-order valence-corrected chi connectivity index (χ2v) is 8.17. The number of hydrogen-bond donors (Lipinski definition) is 1. The molecule has 4 rings (SSSR count). The average molecular weight is 353 g/mol. The van der Waals surface area contributed by atoms with Crippen LogP contribution in [0.1, 0.15) is 56.9 Å². The minimum Gasteiger partial charge on any atom is -0.351 e.